The van der Waals surface area contributed by atoms with Crippen LogP contribution in [0.15, 0.2) is 64.7 Å². The average molecular weight is 443 g/mol. The molecule has 0 amide bonds. The zero-order valence-corrected chi connectivity index (χ0v) is 21.1. The van der Waals surface area contributed by atoms with Crippen molar-refractivity contribution in [3.63, 3.8) is 0 Å². The molecule has 1 fully saturated rings. The maximum absolute atomic E-state index is 14.0. The second kappa shape index (κ2) is 8.36. The molecule has 33 heavy (non-hydrogen) atoms. The fraction of sp³-hybridized carbons (Fsp3) is 0.467. The Morgan fingerprint density at radius 2 is 1.55 bits per heavy atom. The van der Waals surface area contributed by atoms with E-state index in [1.807, 2.05) is 18.2 Å². The van der Waals surface area contributed by atoms with E-state index in [1.165, 1.54) is 11.1 Å². The molecule has 2 aliphatic rings. The van der Waals surface area contributed by atoms with Crippen LogP contribution in [-0.2, 0) is 11.2 Å². The number of aliphatic imine (C=N–C) groups is 1. The van der Waals surface area contributed by atoms with Crippen LogP contribution in [0.25, 0.3) is 0 Å². The second-order valence-corrected chi connectivity index (χ2v) is 10.8. The number of nitrogens with zero attached hydrogens (tertiary/aromatic N) is 1. The number of benzene rings is 2. The van der Waals surface area contributed by atoms with Crippen LogP contribution in [0.3, 0.4) is 0 Å². The largest absolute Gasteiger partial charge is 0.321 e. The minimum atomic E-state index is -0.520. The maximum Gasteiger partial charge on any atom is 0.154 e. The predicted molar refractivity (Wildman–Crippen MR) is 138 cm³/mol. The number of para-hydroxylation sites is 1. The van der Waals surface area contributed by atoms with Gasteiger partial charge >= 0.3 is 0 Å². The quantitative estimate of drug-likeness (QED) is 0.416. The van der Waals surface area contributed by atoms with E-state index in [4.69, 9.17) is 10.7 Å². The molecule has 0 radical (unpaired) electrons. The van der Waals surface area contributed by atoms with Crippen molar-refractivity contribution in [1.82, 2.24) is 0 Å². The standard InChI is InChI=1S/C30H38N2O/c1-18-12-11-13-19(2)27(18)32-17-24-26(28(33)25(31)16-23-14-9-8-10-15-23)30(7)21(4)20(3)29(24,6)22(30)5/h8-15,17,22,24-26H,16,31H2,1-7H3/b32-17+/t22?,24?,25-,26?,29?,30?/m0/s1. The first-order valence-corrected chi connectivity index (χ1v) is 12.2. The highest BCUT2D eigenvalue weighted by Gasteiger charge is 2.69. The first-order chi connectivity index (χ1) is 15.5. The molecule has 4 rings (SSSR count). The molecular formula is C30H38N2O. The lowest BCUT2D eigenvalue weighted by Crippen LogP contribution is -2.47. The molecule has 5 unspecified atom stereocenters. The van der Waals surface area contributed by atoms with Gasteiger partial charge in [-0.2, -0.15) is 0 Å². The number of hydrogen-bond acceptors (Lipinski definition) is 3. The van der Waals surface area contributed by atoms with Crippen molar-refractivity contribution in [3.05, 3.63) is 76.4 Å². The van der Waals surface area contributed by atoms with Gasteiger partial charge in [-0.1, -0.05) is 80.4 Å². The highest BCUT2D eigenvalue weighted by Crippen LogP contribution is 2.72. The van der Waals surface area contributed by atoms with Crippen molar-refractivity contribution >= 4 is 17.7 Å². The van der Waals surface area contributed by atoms with Crippen LogP contribution in [0.2, 0.25) is 0 Å². The van der Waals surface area contributed by atoms with Gasteiger partial charge in [0.25, 0.3) is 0 Å². The van der Waals surface area contributed by atoms with Gasteiger partial charge < -0.3 is 5.73 Å². The van der Waals surface area contributed by atoms with Gasteiger partial charge in [-0.05, 0) is 56.7 Å². The molecule has 3 heteroatoms. The highest BCUT2D eigenvalue weighted by molar-refractivity contribution is 5.92. The lowest BCUT2D eigenvalue weighted by Gasteiger charge is -2.40. The van der Waals surface area contributed by atoms with Gasteiger partial charge in [0.15, 0.2) is 5.78 Å². The first-order valence-electron chi connectivity index (χ1n) is 12.2. The molecule has 2 bridgehead atoms. The van der Waals surface area contributed by atoms with Crippen molar-refractivity contribution in [2.75, 3.05) is 0 Å². The fourth-order valence-electron chi connectivity index (χ4n) is 6.92. The molecule has 6 atom stereocenters. The summed E-state index contributed by atoms with van der Waals surface area (Å²) in [6.45, 7) is 15.6. The SMILES string of the molecule is CC1=C(C)C2(C)C(C(=O)[C@@H](N)Cc3ccccc3)C(/C=N/c3c(C)cccc3C)C1(C)C2C. The number of allylic oxidation sites excluding steroid dienone is 2. The molecule has 0 aromatic heterocycles. The third-order valence-electron chi connectivity index (χ3n) is 9.45. The summed E-state index contributed by atoms with van der Waals surface area (Å²) in [4.78, 5) is 19.0. The summed E-state index contributed by atoms with van der Waals surface area (Å²) in [5.41, 5.74) is 13.5. The molecule has 2 aromatic carbocycles. The van der Waals surface area contributed by atoms with E-state index in [2.05, 4.69) is 85.0 Å². The van der Waals surface area contributed by atoms with Crippen LogP contribution < -0.4 is 5.73 Å². The summed E-state index contributed by atoms with van der Waals surface area (Å²) in [6, 6.07) is 15.8. The molecule has 0 heterocycles. The Labute approximate surface area is 199 Å². The normalized spacial score (nSPS) is 32.1. The summed E-state index contributed by atoms with van der Waals surface area (Å²) in [5.74, 6) is 0.363. The smallest absolute Gasteiger partial charge is 0.154 e. The van der Waals surface area contributed by atoms with Crippen LogP contribution >= 0.6 is 0 Å². The summed E-state index contributed by atoms with van der Waals surface area (Å²) < 4.78 is 0. The lowest BCUT2D eigenvalue weighted by atomic mass is 9.63. The van der Waals surface area contributed by atoms with Crippen molar-refractivity contribution < 1.29 is 4.79 Å². The molecule has 1 saturated carbocycles. The Morgan fingerprint density at radius 3 is 2.15 bits per heavy atom. The van der Waals surface area contributed by atoms with Crippen LogP contribution in [0, 0.1) is 42.4 Å². The zero-order chi connectivity index (χ0) is 24.1. The first kappa shape index (κ1) is 23.6. The number of carbonyl (C=O) groups is 1. The van der Waals surface area contributed by atoms with Gasteiger partial charge in [-0.3, -0.25) is 9.79 Å². The van der Waals surface area contributed by atoms with Crippen molar-refractivity contribution in [2.24, 2.45) is 39.3 Å². The van der Waals surface area contributed by atoms with Gasteiger partial charge in [-0.25, -0.2) is 0 Å². The van der Waals surface area contributed by atoms with E-state index >= 15 is 0 Å². The molecular weight excluding hydrogens is 404 g/mol. The summed E-state index contributed by atoms with van der Waals surface area (Å²) in [7, 11) is 0. The van der Waals surface area contributed by atoms with E-state index < -0.39 is 6.04 Å². The Kier molecular flexibility index (Phi) is 5.99. The van der Waals surface area contributed by atoms with E-state index in [-0.39, 0.29) is 28.4 Å². The number of fused-ring (bicyclic) bond motifs is 2. The lowest BCUT2D eigenvalue weighted by molar-refractivity contribution is -0.127. The number of hydrogen-bond donors (Lipinski definition) is 1. The van der Waals surface area contributed by atoms with Gasteiger partial charge in [0, 0.05) is 28.9 Å². The number of ketones is 1. The van der Waals surface area contributed by atoms with E-state index in [1.54, 1.807) is 0 Å². The highest BCUT2D eigenvalue weighted by atomic mass is 16.1. The Morgan fingerprint density at radius 1 is 0.970 bits per heavy atom. The van der Waals surface area contributed by atoms with Crippen LogP contribution in [0.1, 0.15) is 51.3 Å². The third-order valence-corrected chi connectivity index (χ3v) is 9.45. The van der Waals surface area contributed by atoms with Gasteiger partial charge in [-0.15, -0.1) is 0 Å². The Bertz CT molecular complexity index is 1110. The maximum atomic E-state index is 14.0. The molecule has 2 aromatic rings. The second-order valence-electron chi connectivity index (χ2n) is 10.8. The third kappa shape index (κ3) is 3.44. The molecule has 0 spiro atoms. The number of aryl methyl sites for hydroxylation is 2. The van der Waals surface area contributed by atoms with Crippen molar-refractivity contribution in [3.8, 4) is 0 Å². The molecule has 3 nitrogen and oxygen atoms in total. The Balaban J connectivity index is 1.76. The molecule has 0 aliphatic heterocycles. The van der Waals surface area contributed by atoms with Gasteiger partial charge in [0.1, 0.15) is 0 Å². The number of nitrogens with two attached hydrogens (primary N) is 1. The monoisotopic (exact) mass is 442 g/mol. The molecule has 174 valence electrons. The van der Waals surface area contributed by atoms with Crippen molar-refractivity contribution in [2.45, 2.75) is 60.9 Å². The van der Waals surface area contributed by atoms with Crippen molar-refractivity contribution in [1.29, 1.82) is 0 Å². The number of carbonyl (C=O) groups excluding carboxylic acids is 1. The minimum absolute atomic E-state index is 0.0227. The van der Waals surface area contributed by atoms with Gasteiger partial charge in [0.2, 0.25) is 0 Å². The minimum Gasteiger partial charge on any atom is -0.321 e. The zero-order valence-electron chi connectivity index (χ0n) is 21.1. The summed E-state index contributed by atoms with van der Waals surface area (Å²) in [5, 5.41) is 0. The number of rotatable bonds is 6. The van der Waals surface area contributed by atoms with E-state index in [0.717, 1.165) is 22.4 Å². The topological polar surface area (TPSA) is 55.5 Å². The van der Waals surface area contributed by atoms with E-state index in [9.17, 15) is 4.79 Å². The summed E-state index contributed by atoms with van der Waals surface area (Å²) in [6.07, 6.45) is 2.66. The Hall–Kier alpha value is -2.52. The van der Waals surface area contributed by atoms with E-state index in [0.29, 0.717) is 12.3 Å². The predicted octanol–water partition coefficient (Wildman–Crippen LogP) is 6.39. The average Bonchev–Trinajstić information content (AvgIpc) is 3.04. The summed E-state index contributed by atoms with van der Waals surface area (Å²) >= 11 is 0. The molecule has 2 aliphatic carbocycles. The van der Waals surface area contributed by atoms with Crippen LogP contribution in [-0.4, -0.2) is 18.0 Å². The van der Waals surface area contributed by atoms with Gasteiger partial charge in [0.05, 0.1) is 11.7 Å². The molecule has 0 saturated heterocycles. The number of Topliss-reactive ketones (excluding diaryl/α,β-unsaturated/α-hetero) is 1. The van der Waals surface area contributed by atoms with Crippen LogP contribution in [0.4, 0.5) is 5.69 Å². The molecule has 2 N–H and O–H groups in total. The van der Waals surface area contributed by atoms with Crippen LogP contribution in [0.5, 0.6) is 0 Å². The fourth-order valence-corrected chi connectivity index (χ4v) is 6.92.